The minimum Gasteiger partial charge on any atom is -0.494 e. The van der Waals surface area contributed by atoms with Gasteiger partial charge in [-0.2, -0.15) is 5.10 Å². The van der Waals surface area contributed by atoms with Crippen molar-refractivity contribution < 1.29 is 4.74 Å². The van der Waals surface area contributed by atoms with Crippen LogP contribution in [0.1, 0.15) is 0 Å². The van der Waals surface area contributed by atoms with E-state index in [2.05, 4.69) is 20.2 Å². The number of pyridine rings is 2. The lowest BCUT2D eigenvalue weighted by Crippen LogP contribution is -1.93. The van der Waals surface area contributed by atoms with Crippen LogP contribution in [-0.4, -0.2) is 27.3 Å². The third kappa shape index (κ3) is 1.97. The van der Waals surface area contributed by atoms with E-state index in [-0.39, 0.29) is 0 Å². The Morgan fingerprint density at radius 3 is 2.85 bits per heavy atom. The number of methoxy groups -OCH3 is 1. The molecular weight excluding hydrogens is 254 g/mol. The van der Waals surface area contributed by atoms with Crippen molar-refractivity contribution in [3.63, 3.8) is 0 Å². The number of aromatic amines is 1. The molecule has 0 saturated heterocycles. The molecule has 20 heavy (non-hydrogen) atoms. The topological polar surface area (TPSA) is 89.7 Å². The molecule has 0 aromatic carbocycles. The highest BCUT2D eigenvalue weighted by atomic mass is 16.5. The van der Waals surface area contributed by atoms with Gasteiger partial charge in [-0.25, -0.2) is 0 Å². The second-order valence-corrected chi connectivity index (χ2v) is 4.15. The molecule has 3 aromatic rings. The van der Waals surface area contributed by atoms with Gasteiger partial charge >= 0.3 is 0 Å². The van der Waals surface area contributed by atoms with Crippen LogP contribution >= 0.6 is 0 Å². The van der Waals surface area contributed by atoms with Crippen LogP contribution in [0.25, 0.3) is 22.5 Å². The molecule has 0 saturated carbocycles. The second-order valence-electron chi connectivity index (χ2n) is 4.15. The lowest BCUT2D eigenvalue weighted by atomic mass is 10.1. The average molecular weight is 267 g/mol. The number of nitrogens with two attached hydrogens (primary N) is 1. The van der Waals surface area contributed by atoms with Crippen LogP contribution in [0.5, 0.6) is 5.75 Å². The van der Waals surface area contributed by atoms with Gasteiger partial charge in [0.25, 0.3) is 0 Å². The summed E-state index contributed by atoms with van der Waals surface area (Å²) in [5.41, 5.74) is 9.08. The molecule has 3 rings (SSSR count). The fourth-order valence-electron chi connectivity index (χ4n) is 2.07. The number of rotatable bonds is 3. The molecule has 0 bridgehead atoms. The Hall–Kier alpha value is -2.89. The van der Waals surface area contributed by atoms with E-state index >= 15 is 0 Å². The van der Waals surface area contributed by atoms with Crippen molar-refractivity contribution in [3.05, 3.63) is 42.9 Å². The quantitative estimate of drug-likeness (QED) is 0.758. The summed E-state index contributed by atoms with van der Waals surface area (Å²) in [5.74, 6) is 1.05. The Bertz CT molecular complexity index is 723. The van der Waals surface area contributed by atoms with E-state index < -0.39 is 0 Å². The number of hydrogen-bond acceptors (Lipinski definition) is 5. The second kappa shape index (κ2) is 5.00. The van der Waals surface area contributed by atoms with E-state index in [0.29, 0.717) is 11.6 Å². The predicted octanol–water partition coefficient (Wildman–Crippen LogP) is 2.12. The first-order chi connectivity index (χ1) is 9.81. The van der Waals surface area contributed by atoms with Gasteiger partial charge in [0, 0.05) is 18.0 Å². The summed E-state index contributed by atoms with van der Waals surface area (Å²) in [4.78, 5) is 8.37. The fraction of sp³-hybridized carbons (Fsp3) is 0.0714. The molecule has 0 aliphatic heterocycles. The molecule has 3 aromatic heterocycles. The maximum atomic E-state index is 5.96. The molecule has 6 heteroatoms. The first-order valence-electron chi connectivity index (χ1n) is 6.05. The zero-order chi connectivity index (χ0) is 13.9. The molecule has 0 radical (unpaired) electrons. The van der Waals surface area contributed by atoms with Crippen molar-refractivity contribution in [3.8, 4) is 28.3 Å². The third-order valence-corrected chi connectivity index (χ3v) is 2.99. The number of ether oxygens (including phenoxy) is 1. The summed E-state index contributed by atoms with van der Waals surface area (Å²) >= 11 is 0. The molecular formula is C14H13N5O. The summed E-state index contributed by atoms with van der Waals surface area (Å²) in [5, 5.41) is 7.02. The number of anilines is 1. The van der Waals surface area contributed by atoms with Crippen molar-refractivity contribution in [2.75, 3.05) is 12.8 Å². The van der Waals surface area contributed by atoms with Crippen molar-refractivity contribution in [1.82, 2.24) is 20.2 Å². The molecule has 0 aliphatic carbocycles. The Kier molecular flexibility index (Phi) is 3.04. The number of nitrogens with one attached hydrogen (secondary N) is 1. The summed E-state index contributed by atoms with van der Waals surface area (Å²) in [7, 11) is 1.60. The van der Waals surface area contributed by atoms with Crippen LogP contribution in [0.3, 0.4) is 0 Å². The fourth-order valence-corrected chi connectivity index (χ4v) is 2.07. The molecule has 0 unspecified atom stereocenters. The average Bonchev–Trinajstić information content (AvgIpc) is 2.89. The zero-order valence-corrected chi connectivity index (χ0v) is 10.9. The Labute approximate surface area is 115 Å². The Balaban J connectivity index is 2.22. The summed E-state index contributed by atoms with van der Waals surface area (Å²) in [6.45, 7) is 0. The smallest absolute Gasteiger partial charge is 0.155 e. The van der Waals surface area contributed by atoms with E-state index in [1.54, 1.807) is 25.7 Å². The minimum absolute atomic E-state index is 0.401. The van der Waals surface area contributed by atoms with Gasteiger partial charge in [0.15, 0.2) is 5.82 Å². The lowest BCUT2D eigenvalue weighted by molar-refractivity contribution is 0.414. The SMILES string of the molecule is COc1cnccc1-c1[nH]nc(N)c1-c1ccccn1. The van der Waals surface area contributed by atoms with Gasteiger partial charge in [0.05, 0.1) is 30.3 Å². The maximum absolute atomic E-state index is 5.96. The predicted molar refractivity (Wildman–Crippen MR) is 76.0 cm³/mol. The van der Waals surface area contributed by atoms with Crippen molar-refractivity contribution in [2.45, 2.75) is 0 Å². The van der Waals surface area contributed by atoms with Crippen LogP contribution in [0.2, 0.25) is 0 Å². The monoisotopic (exact) mass is 267 g/mol. The number of aromatic nitrogens is 4. The summed E-state index contributed by atoms with van der Waals surface area (Å²) in [6, 6.07) is 7.49. The van der Waals surface area contributed by atoms with Gasteiger partial charge in [-0.1, -0.05) is 6.07 Å². The number of nitrogens with zero attached hydrogens (tertiary/aromatic N) is 3. The number of nitrogen functional groups attached to an aromatic ring is 1. The first-order valence-corrected chi connectivity index (χ1v) is 6.05. The largest absolute Gasteiger partial charge is 0.494 e. The van der Waals surface area contributed by atoms with Crippen LogP contribution in [0, 0.1) is 0 Å². The maximum Gasteiger partial charge on any atom is 0.155 e. The summed E-state index contributed by atoms with van der Waals surface area (Å²) < 4.78 is 5.33. The van der Waals surface area contributed by atoms with E-state index in [1.807, 2.05) is 24.3 Å². The molecule has 0 atom stereocenters. The molecule has 6 nitrogen and oxygen atoms in total. The van der Waals surface area contributed by atoms with Gasteiger partial charge in [-0.3, -0.25) is 15.1 Å². The van der Waals surface area contributed by atoms with Crippen molar-refractivity contribution in [1.29, 1.82) is 0 Å². The zero-order valence-electron chi connectivity index (χ0n) is 10.9. The highest BCUT2D eigenvalue weighted by Crippen LogP contribution is 2.37. The number of hydrogen-bond donors (Lipinski definition) is 2. The van der Waals surface area contributed by atoms with Gasteiger partial charge in [-0.05, 0) is 18.2 Å². The molecule has 3 N–H and O–H groups in total. The minimum atomic E-state index is 0.401. The van der Waals surface area contributed by atoms with Crippen LogP contribution in [0.15, 0.2) is 42.9 Å². The van der Waals surface area contributed by atoms with Gasteiger partial charge in [0.2, 0.25) is 0 Å². The summed E-state index contributed by atoms with van der Waals surface area (Å²) in [6.07, 6.45) is 5.06. The van der Waals surface area contributed by atoms with Crippen LogP contribution in [0.4, 0.5) is 5.82 Å². The van der Waals surface area contributed by atoms with E-state index in [0.717, 1.165) is 22.5 Å². The highest BCUT2D eigenvalue weighted by Gasteiger charge is 2.18. The molecule has 0 aliphatic rings. The van der Waals surface area contributed by atoms with E-state index in [4.69, 9.17) is 10.5 Å². The Morgan fingerprint density at radius 2 is 2.10 bits per heavy atom. The van der Waals surface area contributed by atoms with Crippen molar-refractivity contribution in [2.24, 2.45) is 0 Å². The first kappa shape index (κ1) is 12.2. The normalized spacial score (nSPS) is 10.4. The molecule has 0 amide bonds. The van der Waals surface area contributed by atoms with Gasteiger partial charge in [0.1, 0.15) is 5.75 Å². The van der Waals surface area contributed by atoms with Crippen molar-refractivity contribution >= 4 is 5.82 Å². The number of H-pyrrole nitrogens is 1. The van der Waals surface area contributed by atoms with Crippen LogP contribution < -0.4 is 10.5 Å². The third-order valence-electron chi connectivity index (χ3n) is 2.99. The van der Waals surface area contributed by atoms with E-state index in [9.17, 15) is 0 Å². The lowest BCUT2D eigenvalue weighted by Gasteiger charge is -2.08. The standard InChI is InChI=1S/C14H13N5O/c1-20-11-8-16-7-5-9(11)13-12(14(15)19-18-13)10-4-2-3-6-17-10/h2-8H,1H3,(H3,15,18,19). The van der Waals surface area contributed by atoms with Gasteiger partial charge < -0.3 is 10.5 Å². The molecule has 0 fully saturated rings. The molecule has 100 valence electrons. The van der Waals surface area contributed by atoms with Crippen LogP contribution in [-0.2, 0) is 0 Å². The van der Waals surface area contributed by atoms with E-state index in [1.165, 1.54) is 0 Å². The highest BCUT2D eigenvalue weighted by molar-refractivity contribution is 5.87. The van der Waals surface area contributed by atoms with Gasteiger partial charge in [-0.15, -0.1) is 0 Å². The molecule has 0 spiro atoms. The molecule has 3 heterocycles. The Morgan fingerprint density at radius 1 is 1.20 bits per heavy atom.